The lowest BCUT2D eigenvalue weighted by molar-refractivity contribution is -0.385. The predicted octanol–water partition coefficient (Wildman–Crippen LogP) is 1.01. The molecule has 0 saturated carbocycles. The average Bonchev–Trinajstić information content (AvgIpc) is 3.14. The van der Waals surface area contributed by atoms with E-state index in [4.69, 9.17) is 10.2 Å². The molecule has 2 aromatic heterocycles. The first kappa shape index (κ1) is 14.2. The van der Waals surface area contributed by atoms with E-state index in [2.05, 4.69) is 20.6 Å². The maximum atomic E-state index is 10.8. The topological polar surface area (TPSA) is 158 Å². The third-order valence-electron chi connectivity index (χ3n) is 2.85. The van der Waals surface area contributed by atoms with Crippen LogP contribution in [-0.2, 0) is 0 Å². The third-order valence-corrected chi connectivity index (χ3v) is 2.85. The minimum atomic E-state index is -0.676. The van der Waals surface area contributed by atoms with Crippen LogP contribution in [0.2, 0.25) is 0 Å². The van der Waals surface area contributed by atoms with Crippen LogP contribution in [0.1, 0.15) is 5.76 Å². The number of furan rings is 1. The number of aromatic nitrogens is 4. The minimum absolute atomic E-state index is 0.0159. The number of tetrazole rings is 1. The van der Waals surface area contributed by atoms with Gasteiger partial charge in [-0.3, -0.25) is 10.1 Å². The molecule has 116 valence electrons. The van der Waals surface area contributed by atoms with Crippen LogP contribution in [0.25, 0.3) is 11.3 Å². The van der Waals surface area contributed by atoms with Crippen LogP contribution in [0.5, 0.6) is 5.75 Å². The Morgan fingerprint density at radius 3 is 2.91 bits per heavy atom. The Kier molecular flexibility index (Phi) is 3.43. The highest BCUT2D eigenvalue weighted by molar-refractivity contribution is 5.77. The van der Waals surface area contributed by atoms with Crippen LogP contribution in [-0.4, -0.2) is 36.6 Å². The molecule has 0 aliphatic heterocycles. The van der Waals surface area contributed by atoms with E-state index in [9.17, 15) is 15.2 Å². The fraction of sp³-hybridized carbons (Fsp3) is 0. The van der Waals surface area contributed by atoms with Crippen molar-refractivity contribution in [2.24, 2.45) is 5.10 Å². The van der Waals surface area contributed by atoms with Crippen LogP contribution >= 0.6 is 0 Å². The second kappa shape index (κ2) is 5.55. The molecule has 0 aliphatic rings. The molecule has 11 heteroatoms. The van der Waals surface area contributed by atoms with Crippen LogP contribution in [0.15, 0.2) is 39.9 Å². The molecule has 0 aliphatic carbocycles. The zero-order valence-corrected chi connectivity index (χ0v) is 11.4. The van der Waals surface area contributed by atoms with Gasteiger partial charge in [0, 0.05) is 11.6 Å². The number of hydrogen-bond donors (Lipinski definition) is 2. The van der Waals surface area contributed by atoms with E-state index in [1.165, 1.54) is 24.4 Å². The molecule has 0 spiro atoms. The summed E-state index contributed by atoms with van der Waals surface area (Å²) in [5.74, 6) is 0.341. The van der Waals surface area contributed by atoms with Gasteiger partial charge in [0.25, 0.3) is 5.95 Å². The molecule has 11 nitrogen and oxygen atoms in total. The molecule has 0 bridgehead atoms. The molecule has 0 radical (unpaired) electrons. The summed E-state index contributed by atoms with van der Waals surface area (Å²) in [6, 6.07) is 7.17. The molecular formula is C12H9N7O4. The molecule has 3 rings (SSSR count). The number of nitro groups is 1. The summed E-state index contributed by atoms with van der Waals surface area (Å²) < 4.78 is 5.51. The van der Waals surface area contributed by atoms with Crippen molar-refractivity contribution in [1.82, 2.24) is 20.3 Å². The Balaban J connectivity index is 1.87. The molecule has 0 amide bonds. The van der Waals surface area contributed by atoms with Gasteiger partial charge >= 0.3 is 5.69 Å². The normalized spacial score (nSPS) is 11.1. The van der Waals surface area contributed by atoms with Crippen molar-refractivity contribution in [1.29, 1.82) is 0 Å². The smallest absolute Gasteiger partial charge is 0.311 e. The first-order chi connectivity index (χ1) is 11.0. The zero-order chi connectivity index (χ0) is 16.4. The fourth-order valence-electron chi connectivity index (χ4n) is 1.78. The largest absolute Gasteiger partial charge is 0.502 e. The maximum Gasteiger partial charge on any atom is 0.311 e. The van der Waals surface area contributed by atoms with Crippen LogP contribution in [0, 0.1) is 10.1 Å². The molecule has 3 N–H and O–H groups in total. The molecule has 0 atom stereocenters. The van der Waals surface area contributed by atoms with E-state index in [0.717, 1.165) is 4.79 Å². The van der Waals surface area contributed by atoms with Gasteiger partial charge in [-0.25, -0.2) is 0 Å². The van der Waals surface area contributed by atoms with Crippen molar-refractivity contribution in [3.63, 3.8) is 0 Å². The van der Waals surface area contributed by atoms with E-state index in [1.807, 2.05) is 0 Å². The first-order valence-corrected chi connectivity index (χ1v) is 6.20. The minimum Gasteiger partial charge on any atom is -0.502 e. The second-order valence-corrected chi connectivity index (χ2v) is 4.33. The van der Waals surface area contributed by atoms with Gasteiger partial charge in [-0.15, -0.1) is 0 Å². The number of nitro benzene ring substituents is 1. The monoisotopic (exact) mass is 315 g/mol. The summed E-state index contributed by atoms with van der Waals surface area (Å²) in [7, 11) is 0. The van der Waals surface area contributed by atoms with E-state index < -0.39 is 16.4 Å². The summed E-state index contributed by atoms with van der Waals surface area (Å²) in [4.78, 5) is 11.2. The summed E-state index contributed by atoms with van der Waals surface area (Å²) in [5.41, 5.74) is 5.49. The Morgan fingerprint density at radius 2 is 2.22 bits per heavy atom. The second-order valence-electron chi connectivity index (χ2n) is 4.33. The molecule has 0 saturated heterocycles. The van der Waals surface area contributed by atoms with Crippen molar-refractivity contribution in [2.45, 2.75) is 0 Å². The van der Waals surface area contributed by atoms with Crippen LogP contribution < -0.4 is 5.73 Å². The lowest BCUT2D eigenvalue weighted by Gasteiger charge is -1.99. The van der Waals surface area contributed by atoms with Gasteiger partial charge in [0.2, 0.25) is 0 Å². The fourth-order valence-corrected chi connectivity index (χ4v) is 1.78. The molecule has 1 aromatic carbocycles. The predicted molar refractivity (Wildman–Crippen MR) is 77.7 cm³/mol. The molecule has 0 unspecified atom stereocenters. The molecule has 0 fully saturated rings. The number of nitrogens with zero attached hydrogens (tertiary/aromatic N) is 6. The number of phenols is 1. The number of nitrogen functional groups attached to an aromatic ring is 1. The lowest BCUT2D eigenvalue weighted by Crippen LogP contribution is -1.99. The highest BCUT2D eigenvalue weighted by Crippen LogP contribution is 2.31. The van der Waals surface area contributed by atoms with Gasteiger partial charge in [0.1, 0.15) is 11.5 Å². The van der Waals surface area contributed by atoms with Gasteiger partial charge in [-0.1, -0.05) is 9.89 Å². The number of benzene rings is 1. The Hall–Kier alpha value is -3.76. The number of nitrogens with two attached hydrogens (primary N) is 1. The van der Waals surface area contributed by atoms with Crippen LogP contribution in [0.3, 0.4) is 0 Å². The van der Waals surface area contributed by atoms with Crippen LogP contribution in [0.4, 0.5) is 11.6 Å². The summed E-state index contributed by atoms with van der Waals surface area (Å²) >= 11 is 0. The van der Waals surface area contributed by atoms with Gasteiger partial charge in [0.05, 0.1) is 11.1 Å². The SMILES string of the molecule is Nc1nnnn1N=Cc1ccc(-c2ccc(O)c([N+](=O)[O-])c2)o1. The molecule has 2 heterocycles. The number of anilines is 1. The third kappa shape index (κ3) is 2.83. The highest BCUT2D eigenvalue weighted by atomic mass is 16.6. The number of rotatable bonds is 4. The average molecular weight is 315 g/mol. The van der Waals surface area contributed by atoms with E-state index in [1.54, 1.807) is 12.1 Å². The Morgan fingerprint density at radius 1 is 1.39 bits per heavy atom. The van der Waals surface area contributed by atoms with Crippen molar-refractivity contribution in [3.05, 3.63) is 46.2 Å². The standard InChI is InChI=1S/C12H9N7O4/c13-12-15-16-17-18(12)14-6-8-2-4-11(23-8)7-1-3-10(20)9(5-7)19(21)22/h1-6,20H,(H2,13,15,17). The quantitative estimate of drug-likeness (QED) is 0.410. The molecule has 3 aromatic rings. The summed E-state index contributed by atoms with van der Waals surface area (Å²) in [5, 5.41) is 34.5. The summed E-state index contributed by atoms with van der Waals surface area (Å²) in [6.07, 6.45) is 1.34. The Labute approximate surface area is 127 Å². The van der Waals surface area contributed by atoms with Crippen molar-refractivity contribution in [3.8, 4) is 17.1 Å². The van der Waals surface area contributed by atoms with Gasteiger partial charge in [-0.2, -0.15) is 5.10 Å². The number of hydrogen-bond acceptors (Lipinski definition) is 9. The molecular weight excluding hydrogens is 306 g/mol. The number of aromatic hydroxyl groups is 1. The van der Waals surface area contributed by atoms with Gasteiger partial charge in [0.15, 0.2) is 5.75 Å². The van der Waals surface area contributed by atoms with E-state index in [0.29, 0.717) is 17.1 Å². The van der Waals surface area contributed by atoms with Gasteiger partial charge in [-0.05, 0) is 34.7 Å². The Bertz CT molecular complexity index is 898. The lowest BCUT2D eigenvalue weighted by atomic mass is 10.1. The van der Waals surface area contributed by atoms with Crippen molar-refractivity contribution in [2.75, 3.05) is 5.73 Å². The highest BCUT2D eigenvalue weighted by Gasteiger charge is 2.15. The van der Waals surface area contributed by atoms with Crippen molar-refractivity contribution < 1.29 is 14.4 Å². The number of phenolic OH excluding ortho intramolecular Hbond substituents is 1. The zero-order valence-electron chi connectivity index (χ0n) is 11.4. The van der Waals surface area contributed by atoms with Gasteiger partial charge < -0.3 is 15.3 Å². The summed E-state index contributed by atoms with van der Waals surface area (Å²) in [6.45, 7) is 0. The van der Waals surface area contributed by atoms with Crippen molar-refractivity contribution >= 4 is 17.9 Å². The molecule has 23 heavy (non-hydrogen) atoms. The van der Waals surface area contributed by atoms with E-state index >= 15 is 0 Å². The first-order valence-electron chi connectivity index (χ1n) is 6.20. The van der Waals surface area contributed by atoms with E-state index in [-0.39, 0.29) is 5.95 Å². The maximum absolute atomic E-state index is 10.8.